The van der Waals surface area contributed by atoms with Gasteiger partial charge in [0.15, 0.2) is 5.78 Å². The van der Waals surface area contributed by atoms with Gasteiger partial charge in [-0.25, -0.2) is 4.98 Å². The summed E-state index contributed by atoms with van der Waals surface area (Å²) >= 11 is 1.59. The van der Waals surface area contributed by atoms with E-state index in [0.717, 1.165) is 29.9 Å². The molecule has 0 saturated carbocycles. The molecule has 0 radical (unpaired) electrons. The zero-order chi connectivity index (χ0) is 13.1. The van der Waals surface area contributed by atoms with Gasteiger partial charge in [-0.3, -0.25) is 4.79 Å². The molecule has 3 heteroatoms. The van der Waals surface area contributed by atoms with Crippen LogP contribution in [0.4, 0.5) is 0 Å². The molecule has 1 aromatic carbocycles. The zero-order valence-electron chi connectivity index (χ0n) is 10.6. The zero-order valence-corrected chi connectivity index (χ0v) is 11.4. The third kappa shape index (κ3) is 2.71. The summed E-state index contributed by atoms with van der Waals surface area (Å²) in [5, 5.41) is 0.929. The Morgan fingerprint density at radius 3 is 2.79 bits per heavy atom. The Morgan fingerprint density at radius 2 is 1.95 bits per heavy atom. The minimum atomic E-state index is -0.00134. The second kappa shape index (κ2) is 5.57. The van der Waals surface area contributed by atoms with Crippen LogP contribution >= 0.6 is 11.8 Å². The summed E-state index contributed by atoms with van der Waals surface area (Å²) in [6.07, 6.45) is 4.76. The second-order valence-corrected chi connectivity index (χ2v) is 5.91. The van der Waals surface area contributed by atoms with Gasteiger partial charge < -0.3 is 0 Å². The Morgan fingerprint density at radius 1 is 1.11 bits per heavy atom. The normalized spacial score (nSPS) is 18.7. The third-order valence-corrected chi connectivity index (χ3v) is 4.61. The maximum Gasteiger partial charge on any atom is 0.176 e. The lowest BCUT2D eigenvalue weighted by atomic mass is 10.0. The van der Waals surface area contributed by atoms with Crippen molar-refractivity contribution in [1.29, 1.82) is 0 Å². The SMILES string of the molecule is O=C1c2ccccc2CCCC1Sc1ccccn1. The molecule has 96 valence electrons. The largest absolute Gasteiger partial charge is 0.293 e. The number of Topliss-reactive ketones (excluding diaryl/α,β-unsaturated/α-hetero) is 1. The highest BCUT2D eigenvalue weighted by Gasteiger charge is 2.26. The summed E-state index contributed by atoms with van der Waals surface area (Å²) in [6.45, 7) is 0. The average molecular weight is 269 g/mol. The van der Waals surface area contributed by atoms with E-state index < -0.39 is 0 Å². The maximum atomic E-state index is 12.6. The van der Waals surface area contributed by atoms with Crippen molar-refractivity contribution in [2.75, 3.05) is 0 Å². The van der Waals surface area contributed by atoms with Crippen LogP contribution in [0.15, 0.2) is 53.7 Å². The molecule has 3 rings (SSSR count). The van der Waals surface area contributed by atoms with E-state index in [1.54, 1.807) is 18.0 Å². The summed E-state index contributed by atoms with van der Waals surface area (Å²) in [6, 6.07) is 13.8. The van der Waals surface area contributed by atoms with Crippen molar-refractivity contribution in [2.24, 2.45) is 0 Å². The summed E-state index contributed by atoms with van der Waals surface area (Å²) in [7, 11) is 0. The average Bonchev–Trinajstić information content (AvgIpc) is 2.61. The van der Waals surface area contributed by atoms with E-state index >= 15 is 0 Å². The number of hydrogen-bond donors (Lipinski definition) is 0. The van der Waals surface area contributed by atoms with E-state index in [2.05, 4.69) is 11.1 Å². The van der Waals surface area contributed by atoms with Gasteiger partial charge in [-0.15, -0.1) is 0 Å². The van der Waals surface area contributed by atoms with Crippen LogP contribution in [0.25, 0.3) is 0 Å². The highest BCUT2D eigenvalue weighted by atomic mass is 32.2. The molecule has 1 heterocycles. The van der Waals surface area contributed by atoms with Crippen molar-refractivity contribution in [3.8, 4) is 0 Å². The van der Waals surface area contributed by atoms with Crippen LogP contribution in [0, 0.1) is 0 Å². The number of carbonyl (C=O) groups excluding carboxylic acids is 1. The fraction of sp³-hybridized carbons (Fsp3) is 0.250. The topological polar surface area (TPSA) is 30.0 Å². The van der Waals surface area contributed by atoms with Crippen LogP contribution in [0.5, 0.6) is 0 Å². The van der Waals surface area contributed by atoms with Gasteiger partial charge in [0, 0.05) is 11.8 Å². The molecule has 0 aliphatic heterocycles. The van der Waals surface area contributed by atoms with Crippen LogP contribution in [0.3, 0.4) is 0 Å². The molecule has 1 atom stereocenters. The molecule has 2 nitrogen and oxygen atoms in total. The molecular weight excluding hydrogens is 254 g/mol. The lowest BCUT2D eigenvalue weighted by Gasteiger charge is -2.12. The molecule has 2 aromatic rings. The van der Waals surface area contributed by atoms with Gasteiger partial charge in [-0.05, 0) is 37.0 Å². The van der Waals surface area contributed by atoms with Crippen molar-refractivity contribution in [2.45, 2.75) is 29.5 Å². The monoisotopic (exact) mass is 269 g/mol. The molecule has 0 spiro atoms. The van der Waals surface area contributed by atoms with Gasteiger partial charge in [-0.2, -0.15) is 0 Å². The third-order valence-electron chi connectivity index (χ3n) is 3.39. The lowest BCUT2D eigenvalue weighted by molar-refractivity contribution is 0.0988. The van der Waals surface area contributed by atoms with Crippen molar-refractivity contribution in [3.05, 3.63) is 59.8 Å². The molecule has 19 heavy (non-hydrogen) atoms. The maximum absolute atomic E-state index is 12.6. The number of nitrogens with zero attached hydrogens (tertiary/aromatic N) is 1. The predicted octanol–water partition coefficient (Wildman–Crippen LogP) is 3.76. The van der Waals surface area contributed by atoms with E-state index in [9.17, 15) is 4.79 Å². The van der Waals surface area contributed by atoms with Crippen LogP contribution in [-0.2, 0) is 6.42 Å². The van der Waals surface area contributed by atoms with E-state index in [0.29, 0.717) is 0 Å². The van der Waals surface area contributed by atoms with Crippen LogP contribution in [0.1, 0.15) is 28.8 Å². The summed E-state index contributed by atoms with van der Waals surface area (Å²) < 4.78 is 0. The van der Waals surface area contributed by atoms with Crippen molar-refractivity contribution < 1.29 is 4.79 Å². The number of aryl methyl sites for hydroxylation is 1. The number of rotatable bonds is 2. The van der Waals surface area contributed by atoms with E-state index in [4.69, 9.17) is 0 Å². The quantitative estimate of drug-likeness (QED) is 0.777. The number of carbonyl (C=O) groups is 1. The van der Waals surface area contributed by atoms with Gasteiger partial charge in [0.05, 0.1) is 10.3 Å². The smallest absolute Gasteiger partial charge is 0.176 e. The second-order valence-electron chi connectivity index (χ2n) is 4.69. The molecule has 0 N–H and O–H groups in total. The van der Waals surface area contributed by atoms with Gasteiger partial charge >= 0.3 is 0 Å². The van der Waals surface area contributed by atoms with Crippen molar-refractivity contribution in [3.63, 3.8) is 0 Å². The molecule has 0 saturated heterocycles. The van der Waals surface area contributed by atoms with Crippen molar-refractivity contribution >= 4 is 17.5 Å². The molecule has 1 aromatic heterocycles. The van der Waals surface area contributed by atoms with Gasteiger partial charge in [-0.1, -0.05) is 42.1 Å². The molecule has 1 unspecified atom stereocenters. The number of hydrogen-bond acceptors (Lipinski definition) is 3. The molecule has 0 bridgehead atoms. The first-order valence-corrected chi connectivity index (χ1v) is 7.42. The fourth-order valence-electron chi connectivity index (χ4n) is 2.44. The Labute approximate surface area is 117 Å². The van der Waals surface area contributed by atoms with Crippen molar-refractivity contribution in [1.82, 2.24) is 4.98 Å². The summed E-state index contributed by atoms with van der Waals surface area (Å²) in [4.78, 5) is 16.9. The first kappa shape index (κ1) is 12.4. The fourth-order valence-corrected chi connectivity index (χ4v) is 3.53. The molecule has 0 fully saturated rings. The van der Waals surface area contributed by atoms with Gasteiger partial charge in [0.2, 0.25) is 0 Å². The first-order chi connectivity index (χ1) is 9.34. The number of ketones is 1. The number of thioether (sulfide) groups is 1. The van der Waals surface area contributed by atoms with Gasteiger partial charge in [0.1, 0.15) is 0 Å². The number of benzene rings is 1. The van der Waals surface area contributed by atoms with Gasteiger partial charge in [0.25, 0.3) is 0 Å². The Hall–Kier alpha value is -1.61. The van der Waals surface area contributed by atoms with E-state index in [1.807, 2.05) is 36.4 Å². The number of aromatic nitrogens is 1. The van der Waals surface area contributed by atoms with Crippen LogP contribution < -0.4 is 0 Å². The Bertz CT molecular complexity index is 582. The molecular formula is C16H15NOS. The summed E-state index contributed by atoms with van der Waals surface area (Å²) in [5.74, 6) is 0.253. The highest BCUT2D eigenvalue weighted by molar-refractivity contribution is 8.00. The van der Waals surface area contributed by atoms with Crippen LogP contribution in [0.2, 0.25) is 0 Å². The minimum absolute atomic E-state index is 0.00134. The molecule has 0 amide bonds. The van der Waals surface area contributed by atoms with E-state index in [1.165, 1.54) is 5.56 Å². The Balaban J connectivity index is 1.86. The minimum Gasteiger partial charge on any atom is -0.293 e. The molecule has 1 aliphatic carbocycles. The standard InChI is InChI=1S/C16H15NOS/c18-16-13-8-2-1-6-12(13)7-5-9-14(16)19-15-10-3-4-11-17-15/h1-4,6,8,10-11,14H,5,7,9H2. The number of fused-ring (bicyclic) bond motifs is 1. The highest BCUT2D eigenvalue weighted by Crippen LogP contribution is 2.31. The molecule has 1 aliphatic rings. The Kier molecular flexibility index (Phi) is 3.65. The first-order valence-electron chi connectivity index (χ1n) is 6.54. The van der Waals surface area contributed by atoms with E-state index in [-0.39, 0.29) is 11.0 Å². The van der Waals surface area contributed by atoms with Crippen LogP contribution in [-0.4, -0.2) is 16.0 Å². The lowest BCUT2D eigenvalue weighted by Crippen LogP contribution is -2.16. The number of pyridine rings is 1. The predicted molar refractivity (Wildman–Crippen MR) is 77.6 cm³/mol. The summed E-state index contributed by atoms with van der Waals surface area (Å²) in [5.41, 5.74) is 2.09.